The van der Waals surface area contributed by atoms with Crippen LogP contribution in [0.3, 0.4) is 0 Å². The molecule has 2 rings (SSSR count). The molecule has 1 aromatic carbocycles. The second-order valence-electron chi connectivity index (χ2n) is 4.84. The molecule has 4 nitrogen and oxygen atoms in total. The maximum atomic E-state index is 12.0. The molecule has 0 saturated heterocycles. The van der Waals surface area contributed by atoms with Crippen LogP contribution < -0.4 is 14.6 Å². The number of nitrogens with one attached hydrogen (secondary N) is 1. The number of hydrogen-bond acceptors (Lipinski definition) is 2. The van der Waals surface area contributed by atoms with Gasteiger partial charge in [-0.1, -0.05) is 12.1 Å². The van der Waals surface area contributed by atoms with Crippen molar-refractivity contribution in [3.05, 3.63) is 54.4 Å². The van der Waals surface area contributed by atoms with Crippen LogP contribution in [0.4, 0.5) is 5.69 Å². The first kappa shape index (κ1) is 15.0. The monoisotopic (exact) mass is 285 g/mol. The molecule has 1 aromatic heterocycles. The van der Waals surface area contributed by atoms with Crippen molar-refractivity contribution in [1.82, 2.24) is 0 Å². The lowest BCUT2D eigenvalue weighted by Crippen LogP contribution is -2.34. The van der Waals surface area contributed by atoms with Gasteiger partial charge in [0.2, 0.25) is 5.91 Å². The van der Waals surface area contributed by atoms with Gasteiger partial charge in [0.15, 0.2) is 18.9 Å². The number of rotatable bonds is 6. The minimum atomic E-state index is -0.0183. The van der Waals surface area contributed by atoms with Gasteiger partial charge < -0.3 is 10.1 Å². The fourth-order valence-electron chi connectivity index (χ4n) is 1.98. The molecule has 0 fully saturated rings. The Morgan fingerprint density at radius 1 is 1.19 bits per heavy atom. The fourth-order valence-corrected chi connectivity index (χ4v) is 1.98. The number of amides is 1. The molecule has 1 amide bonds. The Morgan fingerprint density at radius 2 is 1.90 bits per heavy atom. The number of anilines is 1. The maximum absolute atomic E-state index is 12.0. The largest absolute Gasteiger partial charge is 0.492 e. The lowest BCUT2D eigenvalue weighted by atomic mass is 10.2. The average Bonchev–Trinajstić information content (AvgIpc) is 2.49. The second kappa shape index (κ2) is 7.43. The molecule has 0 unspecified atom stereocenters. The first-order valence-corrected chi connectivity index (χ1v) is 7.16. The summed E-state index contributed by atoms with van der Waals surface area (Å²) in [7, 11) is 0. The Kier molecular flexibility index (Phi) is 5.32. The zero-order valence-electron chi connectivity index (χ0n) is 12.5. The highest BCUT2D eigenvalue weighted by Gasteiger charge is 2.09. The van der Waals surface area contributed by atoms with Crippen LogP contribution in [0.1, 0.15) is 18.9 Å². The van der Waals surface area contributed by atoms with E-state index in [0.29, 0.717) is 25.3 Å². The molecule has 0 aliphatic carbocycles. The smallest absolute Gasteiger partial charge is 0.230 e. The number of ether oxygens (including phenoxy) is 1. The van der Waals surface area contributed by atoms with Gasteiger partial charge in [-0.25, -0.2) is 4.57 Å². The Morgan fingerprint density at radius 3 is 2.62 bits per heavy atom. The summed E-state index contributed by atoms with van der Waals surface area (Å²) in [6.07, 6.45) is 4.39. The molecule has 2 aromatic rings. The highest BCUT2D eigenvalue weighted by atomic mass is 16.5. The molecule has 110 valence electrons. The number of benzene rings is 1. The van der Waals surface area contributed by atoms with Gasteiger partial charge in [0, 0.05) is 12.1 Å². The van der Waals surface area contributed by atoms with Gasteiger partial charge in [-0.3, -0.25) is 4.79 Å². The first-order chi connectivity index (χ1) is 10.2. The molecule has 0 bridgehead atoms. The van der Waals surface area contributed by atoms with E-state index in [1.807, 2.05) is 67.2 Å². The van der Waals surface area contributed by atoms with Crippen molar-refractivity contribution < 1.29 is 14.1 Å². The molecule has 0 spiro atoms. The van der Waals surface area contributed by atoms with E-state index in [1.165, 1.54) is 5.56 Å². The summed E-state index contributed by atoms with van der Waals surface area (Å²) in [4.78, 5) is 12.0. The maximum Gasteiger partial charge on any atom is 0.230 e. The summed E-state index contributed by atoms with van der Waals surface area (Å²) in [6, 6.07) is 11.5. The molecule has 0 radical (unpaired) electrons. The summed E-state index contributed by atoms with van der Waals surface area (Å²) in [5, 5.41) is 2.90. The number of nitrogens with zero attached hydrogens (tertiary/aromatic N) is 1. The summed E-state index contributed by atoms with van der Waals surface area (Å²) < 4.78 is 7.49. The molecular formula is C17H21N2O2+. The first-order valence-electron chi connectivity index (χ1n) is 7.16. The van der Waals surface area contributed by atoms with Gasteiger partial charge in [0.1, 0.15) is 5.75 Å². The Balaban J connectivity index is 1.91. The Labute approximate surface area is 125 Å². The molecular weight excluding hydrogens is 264 g/mol. The van der Waals surface area contributed by atoms with Gasteiger partial charge in [-0.15, -0.1) is 0 Å². The molecule has 21 heavy (non-hydrogen) atoms. The SMILES string of the molecule is CCOc1ccccc1NC(=O)CC[n+]1ccc(C)cc1. The predicted octanol–water partition coefficient (Wildman–Crippen LogP) is 2.71. The molecule has 1 heterocycles. The summed E-state index contributed by atoms with van der Waals surface area (Å²) in [5.74, 6) is 0.687. The molecule has 1 N–H and O–H groups in total. The predicted molar refractivity (Wildman–Crippen MR) is 82.2 cm³/mol. The normalized spacial score (nSPS) is 10.2. The van der Waals surface area contributed by atoms with Crippen LogP contribution in [-0.4, -0.2) is 12.5 Å². The summed E-state index contributed by atoms with van der Waals surface area (Å²) in [6.45, 7) is 5.20. The minimum Gasteiger partial charge on any atom is -0.492 e. The number of carbonyl (C=O) groups excluding carboxylic acids is 1. The Bertz CT molecular complexity index is 594. The van der Waals surface area contributed by atoms with Gasteiger partial charge in [0.05, 0.1) is 18.7 Å². The number of hydrogen-bond donors (Lipinski definition) is 1. The van der Waals surface area contributed by atoms with E-state index in [1.54, 1.807) is 0 Å². The van der Waals surface area contributed by atoms with Gasteiger partial charge in [0.25, 0.3) is 0 Å². The third kappa shape index (κ3) is 4.60. The van der Waals surface area contributed by atoms with E-state index in [4.69, 9.17) is 4.74 Å². The number of aryl methyl sites for hydroxylation is 2. The van der Waals surface area contributed by atoms with E-state index in [2.05, 4.69) is 5.32 Å². The van der Waals surface area contributed by atoms with Crippen molar-refractivity contribution in [3.8, 4) is 5.75 Å². The van der Waals surface area contributed by atoms with Crippen molar-refractivity contribution in [2.75, 3.05) is 11.9 Å². The van der Waals surface area contributed by atoms with Crippen LogP contribution >= 0.6 is 0 Å². The van der Waals surface area contributed by atoms with E-state index < -0.39 is 0 Å². The van der Waals surface area contributed by atoms with Crippen molar-refractivity contribution >= 4 is 11.6 Å². The lowest BCUT2D eigenvalue weighted by molar-refractivity contribution is -0.695. The lowest BCUT2D eigenvalue weighted by Gasteiger charge is -2.10. The van der Waals surface area contributed by atoms with Crippen LogP contribution in [0, 0.1) is 6.92 Å². The summed E-state index contributed by atoms with van der Waals surface area (Å²) >= 11 is 0. The van der Waals surface area contributed by atoms with Crippen LogP contribution in [0.25, 0.3) is 0 Å². The number of pyridine rings is 1. The topological polar surface area (TPSA) is 42.2 Å². The zero-order chi connectivity index (χ0) is 15.1. The van der Waals surface area contributed by atoms with Crippen molar-refractivity contribution in [2.45, 2.75) is 26.8 Å². The standard InChI is InChI=1S/C17H20N2O2/c1-3-21-16-7-5-4-6-15(16)18-17(20)10-13-19-11-8-14(2)9-12-19/h4-9,11-12H,3,10,13H2,1-2H3/p+1. The average molecular weight is 285 g/mol. The molecule has 0 aliphatic heterocycles. The van der Waals surface area contributed by atoms with Crippen molar-refractivity contribution in [1.29, 1.82) is 0 Å². The van der Waals surface area contributed by atoms with Crippen LogP contribution in [0.15, 0.2) is 48.8 Å². The van der Waals surface area contributed by atoms with Gasteiger partial charge >= 0.3 is 0 Å². The van der Waals surface area contributed by atoms with Crippen molar-refractivity contribution in [3.63, 3.8) is 0 Å². The van der Waals surface area contributed by atoms with Crippen LogP contribution in [0.2, 0.25) is 0 Å². The van der Waals surface area contributed by atoms with Crippen LogP contribution in [0.5, 0.6) is 5.75 Å². The van der Waals surface area contributed by atoms with E-state index >= 15 is 0 Å². The van der Waals surface area contributed by atoms with E-state index in [-0.39, 0.29) is 5.91 Å². The van der Waals surface area contributed by atoms with Crippen molar-refractivity contribution in [2.24, 2.45) is 0 Å². The number of para-hydroxylation sites is 2. The Hall–Kier alpha value is -2.36. The number of aromatic nitrogens is 1. The van der Waals surface area contributed by atoms with Crippen LogP contribution in [-0.2, 0) is 11.3 Å². The van der Waals surface area contributed by atoms with E-state index in [9.17, 15) is 4.79 Å². The fraction of sp³-hybridized carbons (Fsp3) is 0.294. The van der Waals surface area contributed by atoms with Gasteiger partial charge in [-0.2, -0.15) is 0 Å². The number of carbonyl (C=O) groups is 1. The molecule has 0 aliphatic rings. The highest BCUT2D eigenvalue weighted by Crippen LogP contribution is 2.23. The highest BCUT2D eigenvalue weighted by molar-refractivity contribution is 5.92. The third-order valence-corrected chi connectivity index (χ3v) is 3.12. The quantitative estimate of drug-likeness (QED) is 0.829. The molecule has 0 atom stereocenters. The molecule has 4 heteroatoms. The second-order valence-corrected chi connectivity index (χ2v) is 4.84. The zero-order valence-corrected chi connectivity index (χ0v) is 12.5. The van der Waals surface area contributed by atoms with Gasteiger partial charge in [-0.05, 0) is 31.5 Å². The summed E-state index contributed by atoms with van der Waals surface area (Å²) in [5.41, 5.74) is 1.93. The minimum absolute atomic E-state index is 0.0183. The third-order valence-electron chi connectivity index (χ3n) is 3.12. The van der Waals surface area contributed by atoms with E-state index in [0.717, 1.165) is 5.69 Å². The molecule has 0 saturated carbocycles.